The zero-order valence-electron chi connectivity index (χ0n) is 14.9. The molecule has 0 atom stereocenters. The summed E-state index contributed by atoms with van der Waals surface area (Å²) in [6, 6.07) is 14.6. The molecule has 7 heteroatoms. The fraction of sp³-hybridized carbons (Fsp3) is 0.316. The highest BCUT2D eigenvalue weighted by molar-refractivity contribution is 7.91. The molecule has 5 nitrogen and oxygen atoms in total. The minimum absolute atomic E-state index is 0.113. The van der Waals surface area contributed by atoms with Gasteiger partial charge in [0.15, 0.2) is 9.84 Å². The number of halogens is 1. The van der Waals surface area contributed by atoms with E-state index >= 15 is 0 Å². The number of benzene rings is 2. The molecule has 0 aliphatic carbocycles. The van der Waals surface area contributed by atoms with Crippen molar-refractivity contribution in [3.8, 4) is 0 Å². The third-order valence-corrected chi connectivity index (χ3v) is 6.24. The van der Waals surface area contributed by atoms with Crippen molar-refractivity contribution in [2.45, 2.75) is 11.3 Å². The molecule has 0 saturated heterocycles. The Morgan fingerprint density at radius 3 is 2.35 bits per heavy atom. The van der Waals surface area contributed by atoms with Crippen LogP contribution in [0, 0.1) is 0 Å². The average molecular weight is 392 g/mol. The van der Waals surface area contributed by atoms with Crippen LogP contribution in [-0.2, 0) is 9.84 Å². The minimum atomic E-state index is -3.26. The van der Waals surface area contributed by atoms with Gasteiger partial charge in [-0.05, 0) is 56.1 Å². The predicted molar refractivity (Wildman–Crippen MR) is 107 cm³/mol. The Labute approximate surface area is 159 Å². The molecule has 0 aromatic heterocycles. The maximum atomic E-state index is 12.4. The number of hydrazone groups is 1. The summed E-state index contributed by atoms with van der Waals surface area (Å²) in [6.07, 6.45) is 0.838. The summed E-state index contributed by atoms with van der Waals surface area (Å²) >= 11 is 5.93. The molecule has 0 amide bonds. The van der Waals surface area contributed by atoms with E-state index in [0.29, 0.717) is 16.5 Å². The van der Waals surface area contributed by atoms with E-state index < -0.39 is 9.84 Å². The summed E-state index contributed by atoms with van der Waals surface area (Å²) < 4.78 is 24.7. The first-order chi connectivity index (χ1) is 12.3. The Hall–Kier alpha value is -1.89. The average Bonchev–Trinajstić information content (AvgIpc) is 3.11. The molecule has 1 heterocycles. The lowest BCUT2D eigenvalue weighted by Crippen LogP contribution is -2.22. The highest BCUT2D eigenvalue weighted by atomic mass is 35.5. The summed E-state index contributed by atoms with van der Waals surface area (Å²) in [5.41, 5.74) is 2.95. The normalized spacial score (nSPS) is 14.8. The van der Waals surface area contributed by atoms with Crippen LogP contribution in [0.15, 0.2) is 58.5 Å². The molecule has 2 aromatic rings. The van der Waals surface area contributed by atoms with Gasteiger partial charge in [-0.3, -0.25) is 5.01 Å². The second-order valence-electron chi connectivity index (χ2n) is 6.54. The van der Waals surface area contributed by atoms with E-state index in [9.17, 15) is 8.42 Å². The monoisotopic (exact) mass is 391 g/mol. The van der Waals surface area contributed by atoms with Gasteiger partial charge in [-0.2, -0.15) is 5.10 Å². The lowest BCUT2D eigenvalue weighted by atomic mass is 10.1. The summed E-state index contributed by atoms with van der Waals surface area (Å²) in [5, 5.41) is 7.27. The van der Waals surface area contributed by atoms with E-state index in [-0.39, 0.29) is 5.75 Å². The Kier molecular flexibility index (Phi) is 5.65. The Morgan fingerprint density at radius 1 is 1.08 bits per heavy atom. The fourth-order valence-electron chi connectivity index (χ4n) is 2.73. The van der Waals surface area contributed by atoms with Crippen molar-refractivity contribution in [1.29, 1.82) is 0 Å². The highest BCUT2D eigenvalue weighted by Gasteiger charge is 2.19. The van der Waals surface area contributed by atoms with Crippen LogP contribution in [0.4, 0.5) is 5.69 Å². The molecule has 26 heavy (non-hydrogen) atoms. The zero-order valence-corrected chi connectivity index (χ0v) is 16.5. The van der Waals surface area contributed by atoms with E-state index in [0.717, 1.165) is 29.9 Å². The SMILES string of the molecule is CN(C)CCS(=O)(=O)c1ccc(N2CCC(c3ccc(Cl)cc3)=N2)cc1. The lowest BCUT2D eigenvalue weighted by Gasteiger charge is -2.14. The van der Waals surface area contributed by atoms with Gasteiger partial charge in [0.05, 0.1) is 22.0 Å². The number of sulfone groups is 1. The molecule has 0 fully saturated rings. The van der Waals surface area contributed by atoms with Crippen LogP contribution in [0.3, 0.4) is 0 Å². The molecular formula is C19H22ClN3O2S. The molecule has 0 N–H and O–H groups in total. The Morgan fingerprint density at radius 2 is 1.73 bits per heavy atom. The first-order valence-electron chi connectivity index (χ1n) is 8.44. The third kappa shape index (κ3) is 4.44. The van der Waals surface area contributed by atoms with Crippen molar-refractivity contribution in [3.63, 3.8) is 0 Å². The van der Waals surface area contributed by atoms with Crippen LogP contribution >= 0.6 is 11.6 Å². The molecule has 0 radical (unpaired) electrons. The topological polar surface area (TPSA) is 53.0 Å². The Bertz CT molecular complexity index is 891. The van der Waals surface area contributed by atoms with Crippen LogP contribution in [0.5, 0.6) is 0 Å². The van der Waals surface area contributed by atoms with Crippen molar-refractivity contribution < 1.29 is 8.42 Å². The maximum absolute atomic E-state index is 12.4. The van der Waals surface area contributed by atoms with Crippen molar-refractivity contribution in [3.05, 3.63) is 59.1 Å². The second kappa shape index (κ2) is 7.78. The standard InChI is InChI=1S/C19H22ClN3O2S/c1-22(2)13-14-26(24,25)18-9-7-17(8-10-18)23-12-11-19(21-23)15-3-5-16(20)6-4-15/h3-10H,11-14H2,1-2H3. The molecule has 0 saturated carbocycles. The summed E-state index contributed by atoms with van der Waals surface area (Å²) in [4.78, 5) is 2.22. The smallest absolute Gasteiger partial charge is 0.179 e. The number of rotatable bonds is 6. The first-order valence-corrected chi connectivity index (χ1v) is 10.5. The molecule has 0 spiro atoms. The predicted octanol–water partition coefficient (Wildman–Crippen LogP) is 3.29. The molecular weight excluding hydrogens is 370 g/mol. The van der Waals surface area contributed by atoms with E-state index in [1.165, 1.54) is 0 Å². The molecule has 0 unspecified atom stereocenters. The molecule has 1 aliphatic heterocycles. The third-order valence-electron chi connectivity index (χ3n) is 4.28. The number of nitrogens with zero attached hydrogens (tertiary/aromatic N) is 3. The number of anilines is 1. The van der Waals surface area contributed by atoms with Gasteiger partial charge in [-0.15, -0.1) is 0 Å². The van der Waals surface area contributed by atoms with Gasteiger partial charge in [0.2, 0.25) is 0 Å². The van der Waals surface area contributed by atoms with Gasteiger partial charge in [0.25, 0.3) is 0 Å². The quantitative estimate of drug-likeness (QED) is 0.758. The summed E-state index contributed by atoms with van der Waals surface area (Å²) in [6.45, 7) is 1.27. The van der Waals surface area contributed by atoms with Crippen LogP contribution in [0.2, 0.25) is 5.02 Å². The minimum Gasteiger partial charge on any atom is -0.308 e. The first kappa shape index (κ1) is 18.9. The van der Waals surface area contributed by atoms with Crippen molar-refractivity contribution in [1.82, 2.24) is 4.90 Å². The van der Waals surface area contributed by atoms with E-state index in [2.05, 4.69) is 5.10 Å². The van der Waals surface area contributed by atoms with Crippen molar-refractivity contribution in [2.75, 3.05) is 37.9 Å². The summed E-state index contributed by atoms with van der Waals surface area (Å²) in [5.74, 6) is 0.113. The molecule has 138 valence electrons. The van der Waals surface area contributed by atoms with E-state index in [1.54, 1.807) is 12.1 Å². The number of hydrogen-bond acceptors (Lipinski definition) is 5. The molecule has 3 rings (SSSR count). The maximum Gasteiger partial charge on any atom is 0.179 e. The van der Waals surface area contributed by atoms with Gasteiger partial charge >= 0.3 is 0 Å². The van der Waals surface area contributed by atoms with E-state index in [1.807, 2.05) is 60.4 Å². The largest absolute Gasteiger partial charge is 0.308 e. The van der Waals surface area contributed by atoms with Gasteiger partial charge in [0, 0.05) is 24.5 Å². The van der Waals surface area contributed by atoms with Crippen LogP contribution in [0.1, 0.15) is 12.0 Å². The van der Waals surface area contributed by atoms with Crippen LogP contribution < -0.4 is 5.01 Å². The van der Waals surface area contributed by atoms with Gasteiger partial charge in [-0.25, -0.2) is 8.42 Å². The van der Waals surface area contributed by atoms with Gasteiger partial charge < -0.3 is 4.90 Å². The van der Waals surface area contributed by atoms with Crippen LogP contribution in [0.25, 0.3) is 0 Å². The fourth-order valence-corrected chi connectivity index (χ4v) is 4.25. The Balaban J connectivity index is 1.74. The number of hydrogen-bond donors (Lipinski definition) is 0. The second-order valence-corrected chi connectivity index (χ2v) is 9.09. The lowest BCUT2D eigenvalue weighted by molar-refractivity contribution is 0.432. The zero-order chi connectivity index (χ0) is 18.7. The highest BCUT2D eigenvalue weighted by Crippen LogP contribution is 2.24. The molecule has 2 aromatic carbocycles. The van der Waals surface area contributed by atoms with Crippen LogP contribution in [-0.4, -0.2) is 52.0 Å². The van der Waals surface area contributed by atoms with Gasteiger partial charge in [0.1, 0.15) is 0 Å². The van der Waals surface area contributed by atoms with Gasteiger partial charge in [-0.1, -0.05) is 23.7 Å². The van der Waals surface area contributed by atoms with E-state index in [4.69, 9.17) is 11.6 Å². The van der Waals surface area contributed by atoms with Crippen molar-refractivity contribution >= 4 is 32.8 Å². The molecule has 1 aliphatic rings. The van der Waals surface area contributed by atoms with Crippen molar-refractivity contribution in [2.24, 2.45) is 5.10 Å². The molecule has 0 bridgehead atoms. The summed E-state index contributed by atoms with van der Waals surface area (Å²) in [7, 11) is 0.465.